The van der Waals surface area contributed by atoms with E-state index in [2.05, 4.69) is 0 Å². The third-order valence-electron chi connectivity index (χ3n) is 4.79. The van der Waals surface area contributed by atoms with E-state index in [1.54, 1.807) is 0 Å². The van der Waals surface area contributed by atoms with Gasteiger partial charge >= 0.3 is 5.97 Å². The summed E-state index contributed by atoms with van der Waals surface area (Å²) in [6, 6.07) is 0. The van der Waals surface area contributed by atoms with Crippen LogP contribution in [0.3, 0.4) is 0 Å². The van der Waals surface area contributed by atoms with Gasteiger partial charge < -0.3 is 15.7 Å². The molecular formula is C15H24N2O4. The molecule has 1 saturated heterocycles. The minimum Gasteiger partial charge on any atom is -0.481 e. The molecule has 6 heteroatoms. The molecule has 21 heavy (non-hydrogen) atoms. The maximum Gasteiger partial charge on any atom is 0.306 e. The molecule has 2 atom stereocenters. The van der Waals surface area contributed by atoms with Crippen molar-refractivity contribution < 1.29 is 19.5 Å². The van der Waals surface area contributed by atoms with Crippen LogP contribution in [0.25, 0.3) is 0 Å². The lowest BCUT2D eigenvalue weighted by Crippen LogP contribution is -2.43. The predicted molar refractivity (Wildman–Crippen MR) is 76.2 cm³/mol. The quantitative estimate of drug-likeness (QED) is 0.807. The lowest BCUT2D eigenvalue weighted by Gasteiger charge is -2.35. The first-order valence-corrected chi connectivity index (χ1v) is 7.77. The van der Waals surface area contributed by atoms with Crippen LogP contribution in [0.2, 0.25) is 0 Å². The van der Waals surface area contributed by atoms with Crippen LogP contribution in [0.5, 0.6) is 0 Å². The molecule has 0 spiro atoms. The first-order chi connectivity index (χ1) is 9.97. The number of carbonyl (C=O) groups is 3. The zero-order chi connectivity index (χ0) is 15.4. The lowest BCUT2D eigenvalue weighted by molar-refractivity contribution is -0.145. The predicted octanol–water partition coefficient (Wildman–Crippen LogP) is 0.991. The van der Waals surface area contributed by atoms with Gasteiger partial charge in [-0.15, -0.1) is 0 Å². The minimum atomic E-state index is -0.785. The van der Waals surface area contributed by atoms with Gasteiger partial charge in [-0.3, -0.25) is 14.4 Å². The number of hydrogen-bond donors (Lipinski definition) is 2. The maximum atomic E-state index is 12.5. The van der Waals surface area contributed by atoms with Gasteiger partial charge in [0.1, 0.15) is 0 Å². The highest BCUT2D eigenvalue weighted by atomic mass is 16.4. The standard InChI is InChI=1S/C15H24N2O4/c16-13(18)8-10-4-6-17(7-5-10)14(19)11-2-1-3-12(9-11)15(20)21/h10-12H,1-9H2,(H2,16,18)(H,20,21). The van der Waals surface area contributed by atoms with E-state index >= 15 is 0 Å². The molecule has 3 N–H and O–H groups in total. The van der Waals surface area contributed by atoms with Crippen molar-refractivity contribution in [3.8, 4) is 0 Å². The van der Waals surface area contributed by atoms with Gasteiger partial charge in [0, 0.05) is 25.4 Å². The van der Waals surface area contributed by atoms with Gasteiger partial charge in [0.25, 0.3) is 0 Å². The van der Waals surface area contributed by atoms with Crippen LogP contribution in [0.15, 0.2) is 0 Å². The van der Waals surface area contributed by atoms with Gasteiger partial charge in [-0.1, -0.05) is 6.42 Å². The molecule has 1 aliphatic carbocycles. The Hall–Kier alpha value is -1.59. The second-order valence-electron chi connectivity index (χ2n) is 6.34. The molecule has 1 saturated carbocycles. The summed E-state index contributed by atoms with van der Waals surface area (Å²) < 4.78 is 0. The van der Waals surface area contributed by atoms with Gasteiger partial charge in [-0.25, -0.2) is 0 Å². The van der Waals surface area contributed by atoms with Gasteiger partial charge in [-0.05, 0) is 38.0 Å². The Bertz CT molecular complexity index is 416. The zero-order valence-electron chi connectivity index (χ0n) is 12.3. The molecule has 0 radical (unpaired) electrons. The Morgan fingerprint density at radius 3 is 2.24 bits per heavy atom. The minimum absolute atomic E-state index is 0.0958. The number of carbonyl (C=O) groups excluding carboxylic acids is 2. The fourth-order valence-electron chi connectivity index (χ4n) is 3.54. The average Bonchev–Trinajstić information content (AvgIpc) is 2.47. The van der Waals surface area contributed by atoms with Crippen molar-refractivity contribution in [2.45, 2.75) is 44.9 Å². The molecule has 2 unspecified atom stereocenters. The smallest absolute Gasteiger partial charge is 0.306 e. The number of hydrogen-bond acceptors (Lipinski definition) is 3. The monoisotopic (exact) mass is 296 g/mol. The summed E-state index contributed by atoms with van der Waals surface area (Å²) in [7, 11) is 0. The van der Waals surface area contributed by atoms with Crippen LogP contribution in [0.1, 0.15) is 44.9 Å². The SMILES string of the molecule is NC(=O)CC1CCN(C(=O)C2CCCC(C(=O)O)C2)CC1. The van der Waals surface area contributed by atoms with Crippen molar-refractivity contribution in [2.24, 2.45) is 23.5 Å². The van der Waals surface area contributed by atoms with Crippen LogP contribution in [0.4, 0.5) is 0 Å². The van der Waals surface area contributed by atoms with Crippen LogP contribution in [-0.4, -0.2) is 40.9 Å². The van der Waals surface area contributed by atoms with E-state index in [1.807, 2.05) is 4.90 Å². The summed E-state index contributed by atoms with van der Waals surface area (Å²) >= 11 is 0. The van der Waals surface area contributed by atoms with E-state index in [4.69, 9.17) is 10.8 Å². The third-order valence-corrected chi connectivity index (χ3v) is 4.79. The van der Waals surface area contributed by atoms with E-state index in [1.165, 1.54) is 0 Å². The lowest BCUT2D eigenvalue weighted by atomic mass is 9.80. The number of rotatable bonds is 4. The molecule has 1 aliphatic heterocycles. The van der Waals surface area contributed by atoms with Crippen LogP contribution < -0.4 is 5.73 Å². The van der Waals surface area contributed by atoms with Gasteiger partial charge in [0.2, 0.25) is 11.8 Å². The maximum absolute atomic E-state index is 12.5. The van der Waals surface area contributed by atoms with E-state index in [0.717, 1.165) is 25.7 Å². The molecule has 2 fully saturated rings. The molecular weight excluding hydrogens is 272 g/mol. The number of carboxylic acid groups (broad SMARTS) is 1. The summed E-state index contributed by atoms with van der Waals surface area (Å²) in [5.41, 5.74) is 5.20. The van der Waals surface area contributed by atoms with Crippen molar-refractivity contribution in [3.63, 3.8) is 0 Å². The fraction of sp³-hybridized carbons (Fsp3) is 0.800. The van der Waals surface area contributed by atoms with E-state index in [-0.39, 0.29) is 29.6 Å². The molecule has 0 bridgehead atoms. The largest absolute Gasteiger partial charge is 0.481 e. The number of carboxylic acids is 1. The van der Waals surface area contributed by atoms with Gasteiger partial charge in [-0.2, -0.15) is 0 Å². The van der Waals surface area contributed by atoms with Crippen molar-refractivity contribution in [2.75, 3.05) is 13.1 Å². The molecule has 1 heterocycles. The Morgan fingerprint density at radius 2 is 1.67 bits per heavy atom. The molecule has 6 nitrogen and oxygen atoms in total. The Balaban J connectivity index is 1.84. The van der Waals surface area contributed by atoms with Gasteiger partial charge in [0.15, 0.2) is 0 Å². The van der Waals surface area contributed by atoms with Crippen LogP contribution >= 0.6 is 0 Å². The molecule has 2 aliphatic rings. The van der Waals surface area contributed by atoms with Crippen molar-refractivity contribution in [1.29, 1.82) is 0 Å². The summed E-state index contributed by atoms with van der Waals surface area (Å²) in [5.74, 6) is -1.21. The van der Waals surface area contributed by atoms with Crippen molar-refractivity contribution in [3.05, 3.63) is 0 Å². The Kier molecular flexibility index (Phi) is 5.20. The van der Waals surface area contributed by atoms with Gasteiger partial charge in [0.05, 0.1) is 5.92 Å². The molecule has 2 amide bonds. The third kappa shape index (κ3) is 4.19. The summed E-state index contributed by atoms with van der Waals surface area (Å²) in [4.78, 5) is 36.3. The number of amides is 2. The highest BCUT2D eigenvalue weighted by Crippen LogP contribution is 2.31. The molecule has 118 valence electrons. The second-order valence-corrected chi connectivity index (χ2v) is 6.34. The van der Waals surface area contributed by atoms with Crippen molar-refractivity contribution >= 4 is 17.8 Å². The summed E-state index contributed by atoms with van der Waals surface area (Å²) in [5, 5.41) is 9.10. The van der Waals surface area contributed by atoms with Crippen LogP contribution in [-0.2, 0) is 14.4 Å². The normalized spacial score (nSPS) is 27.3. The fourth-order valence-corrected chi connectivity index (χ4v) is 3.54. The van der Waals surface area contributed by atoms with Crippen LogP contribution in [0, 0.1) is 17.8 Å². The van der Waals surface area contributed by atoms with E-state index in [0.29, 0.717) is 32.4 Å². The Labute approximate surface area is 124 Å². The number of piperidine rings is 1. The number of likely N-dealkylation sites (tertiary alicyclic amines) is 1. The number of nitrogens with zero attached hydrogens (tertiary/aromatic N) is 1. The molecule has 0 aromatic rings. The average molecular weight is 296 g/mol. The first-order valence-electron chi connectivity index (χ1n) is 7.77. The zero-order valence-corrected chi connectivity index (χ0v) is 12.3. The first kappa shape index (κ1) is 15.8. The summed E-state index contributed by atoms with van der Waals surface area (Å²) in [6.07, 6.45) is 4.77. The number of aliphatic carboxylic acids is 1. The Morgan fingerprint density at radius 1 is 1.05 bits per heavy atom. The molecule has 0 aromatic heterocycles. The molecule has 0 aromatic carbocycles. The number of primary amides is 1. The number of nitrogens with two attached hydrogens (primary N) is 1. The highest BCUT2D eigenvalue weighted by molar-refractivity contribution is 5.80. The van der Waals surface area contributed by atoms with E-state index < -0.39 is 5.97 Å². The highest BCUT2D eigenvalue weighted by Gasteiger charge is 2.34. The molecule has 2 rings (SSSR count). The van der Waals surface area contributed by atoms with E-state index in [9.17, 15) is 14.4 Å². The summed E-state index contributed by atoms with van der Waals surface area (Å²) in [6.45, 7) is 1.32. The van der Waals surface area contributed by atoms with Crippen molar-refractivity contribution in [1.82, 2.24) is 4.90 Å². The second kappa shape index (κ2) is 6.91. The topological polar surface area (TPSA) is 101 Å².